The zero-order valence-corrected chi connectivity index (χ0v) is 29.6. The third kappa shape index (κ3) is 14.2. The van der Waals surface area contributed by atoms with Crippen molar-refractivity contribution in [2.75, 3.05) is 6.54 Å². The average molecular weight is 675 g/mol. The van der Waals surface area contributed by atoms with Crippen molar-refractivity contribution in [3.05, 3.63) is 53.6 Å². The van der Waals surface area contributed by atoms with E-state index in [1.165, 1.54) is 5.52 Å². The number of aliphatic carboxylic acids is 2. The van der Waals surface area contributed by atoms with E-state index in [1.54, 1.807) is 6.08 Å². The molecule has 0 aliphatic carbocycles. The fourth-order valence-corrected chi connectivity index (χ4v) is 6.63. The molecule has 49 heavy (non-hydrogen) atoms. The monoisotopic (exact) mass is 674 g/mol. The molecule has 0 saturated heterocycles. The van der Waals surface area contributed by atoms with E-state index in [2.05, 4.69) is 41.1 Å². The van der Waals surface area contributed by atoms with Gasteiger partial charge in [0, 0.05) is 54.2 Å². The van der Waals surface area contributed by atoms with E-state index in [0.717, 1.165) is 138 Å². The lowest BCUT2D eigenvalue weighted by molar-refractivity contribution is -0.138. The third-order valence-corrected chi connectivity index (χ3v) is 9.37. The van der Waals surface area contributed by atoms with Crippen LogP contribution in [0.5, 0.6) is 0 Å². The largest absolute Gasteiger partial charge is 0.481 e. The number of aromatic nitrogens is 1. The lowest BCUT2D eigenvalue weighted by Crippen LogP contribution is -2.29. The second-order valence-electron chi connectivity index (χ2n) is 13.3. The number of ketones is 1. The first-order valence-corrected chi connectivity index (χ1v) is 18.8. The highest BCUT2D eigenvalue weighted by atomic mass is 16.4. The van der Waals surface area contributed by atoms with Gasteiger partial charge in [-0.25, -0.2) is 0 Å². The average Bonchev–Trinajstić information content (AvgIpc) is 3.40. The summed E-state index contributed by atoms with van der Waals surface area (Å²) < 4.78 is 2.29. The van der Waals surface area contributed by atoms with Crippen LogP contribution in [0.2, 0.25) is 0 Å². The van der Waals surface area contributed by atoms with Gasteiger partial charge in [0.2, 0.25) is 0 Å². The van der Waals surface area contributed by atoms with Gasteiger partial charge in [0.25, 0.3) is 5.91 Å². The molecule has 0 aliphatic heterocycles. The summed E-state index contributed by atoms with van der Waals surface area (Å²) in [6, 6.07) is 14.5. The second kappa shape index (κ2) is 22.6. The standard InChI is InChI=1S/C41H58N2O6/c1-2-43-36-23-20-19-22-33(36)34-30-32(27-28-37(34)43)31-35(38(44)24-16-12-8-4-3-5-9-13-17-25-39(45)46)41(49)42-29-21-15-11-7-6-10-14-18-26-40(47)48/h19-20,22-23,27-28,30-31H,2-18,21,24-26,29H2,1H3,(H,42,49)(H,45,46)(H,47,48). The summed E-state index contributed by atoms with van der Waals surface area (Å²) in [5, 5.41) is 22.8. The molecule has 1 amide bonds. The van der Waals surface area contributed by atoms with Crippen LogP contribution in [0.3, 0.4) is 0 Å². The highest BCUT2D eigenvalue weighted by molar-refractivity contribution is 6.22. The number of benzene rings is 2. The number of para-hydroxylation sites is 1. The molecule has 0 fully saturated rings. The number of carbonyl (C=O) groups excluding carboxylic acids is 2. The van der Waals surface area contributed by atoms with E-state index in [9.17, 15) is 19.2 Å². The van der Waals surface area contributed by atoms with Gasteiger partial charge in [0.05, 0.1) is 5.57 Å². The molecule has 0 atom stereocenters. The van der Waals surface area contributed by atoms with Crippen molar-refractivity contribution < 1.29 is 29.4 Å². The van der Waals surface area contributed by atoms with Crippen LogP contribution < -0.4 is 5.32 Å². The molecule has 1 heterocycles. The van der Waals surface area contributed by atoms with Gasteiger partial charge in [-0.3, -0.25) is 19.2 Å². The number of unbranched alkanes of at least 4 members (excludes halogenated alkanes) is 15. The van der Waals surface area contributed by atoms with E-state index in [0.29, 0.717) is 13.0 Å². The van der Waals surface area contributed by atoms with Gasteiger partial charge in [0.15, 0.2) is 5.78 Å². The Hall–Kier alpha value is -3.94. The van der Waals surface area contributed by atoms with Gasteiger partial charge in [-0.15, -0.1) is 0 Å². The quantitative estimate of drug-likeness (QED) is 0.0320. The predicted octanol–water partition coefficient (Wildman–Crippen LogP) is 9.85. The zero-order chi connectivity index (χ0) is 35.3. The first kappa shape index (κ1) is 39.5. The normalized spacial score (nSPS) is 11.7. The summed E-state index contributed by atoms with van der Waals surface area (Å²) >= 11 is 0. The van der Waals surface area contributed by atoms with Gasteiger partial charge in [0.1, 0.15) is 0 Å². The Bertz CT molecular complexity index is 1470. The zero-order valence-electron chi connectivity index (χ0n) is 29.6. The molecule has 268 valence electrons. The van der Waals surface area contributed by atoms with Crippen LogP contribution in [-0.2, 0) is 25.7 Å². The van der Waals surface area contributed by atoms with Crippen LogP contribution in [0.25, 0.3) is 27.9 Å². The van der Waals surface area contributed by atoms with Crippen molar-refractivity contribution in [2.24, 2.45) is 0 Å². The maximum Gasteiger partial charge on any atom is 0.303 e. The summed E-state index contributed by atoms with van der Waals surface area (Å²) in [5.41, 5.74) is 3.38. The predicted molar refractivity (Wildman–Crippen MR) is 199 cm³/mol. The fourth-order valence-electron chi connectivity index (χ4n) is 6.63. The first-order valence-electron chi connectivity index (χ1n) is 18.8. The molecular weight excluding hydrogens is 616 g/mol. The number of rotatable bonds is 27. The molecule has 0 bridgehead atoms. The first-order chi connectivity index (χ1) is 23.8. The summed E-state index contributed by atoms with van der Waals surface area (Å²) in [4.78, 5) is 48.2. The molecule has 0 aliphatic rings. The number of nitrogens with zero attached hydrogens (tertiary/aromatic N) is 1. The summed E-state index contributed by atoms with van der Waals surface area (Å²) in [6.45, 7) is 3.52. The summed E-state index contributed by atoms with van der Waals surface area (Å²) in [5.74, 6) is -1.87. The minimum atomic E-state index is -0.728. The van der Waals surface area contributed by atoms with Gasteiger partial charge >= 0.3 is 11.9 Å². The maximum absolute atomic E-state index is 13.5. The van der Waals surface area contributed by atoms with Gasteiger partial charge in [-0.05, 0) is 62.4 Å². The number of aryl methyl sites for hydroxylation is 1. The minimum Gasteiger partial charge on any atom is -0.481 e. The number of Topliss-reactive ketones (excluding diaryl/α,β-unsaturated/α-hetero) is 1. The molecule has 0 unspecified atom stereocenters. The van der Waals surface area contributed by atoms with Crippen molar-refractivity contribution in [2.45, 2.75) is 142 Å². The van der Waals surface area contributed by atoms with Crippen LogP contribution in [0.4, 0.5) is 0 Å². The third-order valence-electron chi connectivity index (χ3n) is 9.37. The Morgan fingerprint density at radius 3 is 1.65 bits per heavy atom. The smallest absolute Gasteiger partial charge is 0.303 e. The Balaban J connectivity index is 1.54. The number of nitrogens with one attached hydrogen (secondary N) is 1. The molecule has 3 rings (SSSR count). The van der Waals surface area contributed by atoms with Crippen molar-refractivity contribution in [3.63, 3.8) is 0 Å². The van der Waals surface area contributed by atoms with E-state index < -0.39 is 11.9 Å². The molecule has 3 aromatic rings. The summed E-state index contributed by atoms with van der Waals surface area (Å²) in [7, 11) is 0. The van der Waals surface area contributed by atoms with Gasteiger partial charge in [-0.1, -0.05) is 108 Å². The van der Waals surface area contributed by atoms with Crippen molar-refractivity contribution in [1.29, 1.82) is 0 Å². The fraction of sp³-hybridized carbons (Fsp3) is 0.561. The number of amides is 1. The lowest BCUT2D eigenvalue weighted by Gasteiger charge is -2.10. The highest BCUT2D eigenvalue weighted by Gasteiger charge is 2.18. The SMILES string of the molecule is CCn1c2ccccc2c2cc(C=C(C(=O)CCCCCCCCCCCC(=O)O)C(=O)NCCCCCCCCCCC(=O)O)ccc21. The number of hydrogen-bond acceptors (Lipinski definition) is 4. The van der Waals surface area contributed by atoms with Crippen LogP contribution in [0.15, 0.2) is 48.0 Å². The number of carboxylic acid groups (broad SMARTS) is 2. The molecule has 8 heteroatoms. The highest BCUT2D eigenvalue weighted by Crippen LogP contribution is 2.30. The second-order valence-corrected chi connectivity index (χ2v) is 13.3. The van der Waals surface area contributed by atoms with E-state index >= 15 is 0 Å². The maximum atomic E-state index is 13.5. The van der Waals surface area contributed by atoms with Gasteiger partial charge < -0.3 is 20.1 Å². The van der Waals surface area contributed by atoms with Crippen molar-refractivity contribution >= 4 is 51.5 Å². The molecule has 8 nitrogen and oxygen atoms in total. The minimum absolute atomic E-state index is 0.116. The van der Waals surface area contributed by atoms with Crippen LogP contribution in [0.1, 0.15) is 141 Å². The molecule has 1 aromatic heterocycles. The van der Waals surface area contributed by atoms with Crippen LogP contribution in [-0.4, -0.2) is 45.0 Å². The van der Waals surface area contributed by atoms with Crippen LogP contribution >= 0.6 is 0 Å². The van der Waals surface area contributed by atoms with Crippen LogP contribution in [0, 0.1) is 0 Å². The van der Waals surface area contributed by atoms with E-state index in [4.69, 9.17) is 10.2 Å². The molecule has 2 aromatic carbocycles. The molecule has 0 spiro atoms. The number of carboxylic acids is 2. The molecular formula is C41H58N2O6. The number of fused-ring (bicyclic) bond motifs is 3. The van der Waals surface area contributed by atoms with Crippen molar-refractivity contribution in [1.82, 2.24) is 9.88 Å². The van der Waals surface area contributed by atoms with E-state index in [1.807, 2.05) is 18.2 Å². The number of carbonyl (C=O) groups is 4. The molecule has 3 N–H and O–H groups in total. The van der Waals surface area contributed by atoms with Crippen molar-refractivity contribution in [3.8, 4) is 0 Å². The van der Waals surface area contributed by atoms with Gasteiger partial charge in [-0.2, -0.15) is 0 Å². The number of hydrogen-bond donors (Lipinski definition) is 3. The van der Waals surface area contributed by atoms with E-state index in [-0.39, 0.29) is 30.1 Å². The topological polar surface area (TPSA) is 126 Å². The summed E-state index contributed by atoms with van der Waals surface area (Å²) in [6.07, 6.45) is 19.4. The Morgan fingerprint density at radius 2 is 1.10 bits per heavy atom. The lowest BCUT2D eigenvalue weighted by atomic mass is 9.99. The Morgan fingerprint density at radius 1 is 0.612 bits per heavy atom. The Labute approximate surface area is 292 Å². The Kier molecular flexibility index (Phi) is 18.3. The molecule has 0 radical (unpaired) electrons. The molecule has 0 saturated carbocycles.